The molecule has 3 rings (SSSR count). The topological polar surface area (TPSA) is 104 Å². The number of rotatable bonds is 9. The largest absolute Gasteiger partial charge is 0.508 e. The lowest BCUT2D eigenvalue weighted by Gasteiger charge is -2.20. The first-order chi connectivity index (χ1) is 14.9. The highest BCUT2D eigenvalue weighted by Gasteiger charge is 2.40. The van der Waals surface area contributed by atoms with Crippen molar-refractivity contribution in [3.8, 4) is 5.75 Å². The Bertz CT molecular complexity index is 1060. The van der Waals surface area contributed by atoms with Crippen LogP contribution in [-0.2, 0) is 14.6 Å². The summed E-state index contributed by atoms with van der Waals surface area (Å²) >= 11 is 0. The van der Waals surface area contributed by atoms with E-state index >= 15 is 0 Å². The fourth-order valence-electron chi connectivity index (χ4n) is 4.02. The van der Waals surface area contributed by atoms with E-state index < -0.39 is 27.8 Å². The van der Waals surface area contributed by atoms with Gasteiger partial charge in [0.25, 0.3) is 0 Å². The molecule has 1 heterocycles. The zero-order chi connectivity index (χ0) is 22.4. The fraction of sp³-hybridized carbons (Fsp3) is 0.333. The molecular weight excluding hydrogens is 416 g/mol. The second-order valence-corrected chi connectivity index (χ2v) is 9.84. The normalized spacial score (nSPS) is 19.6. The van der Waals surface area contributed by atoms with Crippen molar-refractivity contribution in [3.63, 3.8) is 0 Å². The number of sulfone groups is 1. The van der Waals surface area contributed by atoms with Gasteiger partial charge in [-0.05, 0) is 52.8 Å². The van der Waals surface area contributed by atoms with E-state index in [0.717, 1.165) is 16.7 Å². The molecule has 0 saturated carbocycles. The van der Waals surface area contributed by atoms with Crippen molar-refractivity contribution in [1.82, 2.24) is 0 Å². The third-order valence-corrected chi connectivity index (χ3v) is 7.47. The van der Waals surface area contributed by atoms with E-state index in [1.165, 1.54) is 7.11 Å². The molecule has 0 aliphatic carbocycles. The lowest BCUT2D eigenvalue weighted by atomic mass is 9.92. The number of phenolic OH excluding ortho intramolecular Hbond substituents is 1. The highest BCUT2D eigenvalue weighted by Crippen LogP contribution is 2.33. The highest BCUT2D eigenvalue weighted by molar-refractivity contribution is 7.92. The average Bonchev–Trinajstić information content (AvgIpc) is 3.01. The Balaban J connectivity index is 1.88. The van der Waals surface area contributed by atoms with E-state index in [-0.39, 0.29) is 24.5 Å². The first kappa shape index (κ1) is 23.2. The van der Waals surface area contributed by atoms with Crippen LogP contribution in [0.2, 0.25) is 0 Å². The SMILES string of the molecule is COCC1=C([C@H](O)CC/C(=C/c2cccc(O)c2)c2ccccc2)[C@H](CO)S(=O)(=O)C1. The third kappa shape index (κ3) is 5.62. The van der Waals surface area contributed by atoms with Gasteiger partial charge in [0.15, 0.2) is 9.84 Å². The van der Waals surface area contributed by atoms with E-state index in [2.05, 4.69) is 0 Å². The van der Waals surface area contributed by atoms with Gasteiger partial charge in [0.2, 0.25) is 0 Å². The van der Waals surface area contributed by atoms with Crippen LogP contribution in [0.1, 0.15) is 24.0 Å². The van der Waals surface area contributed by atoms with Gasteiger partial charge in [-0.25, -0.2) is 8.42 Å². The van der Waals surface area contributed by atoms with Crippen LogP contribution in [0.4, 0.5) is 0 Å². The predicted molar refractivity (Wildman–Crippen MR) is 121 cm³/mol. The second kappa shape index (κ2) is 10.2. The predicted octanol–water partition coefficient (Wildman–Crippen LogP) is 2.81. The number of phenols is 1. The molecule has 1 aliphatic heterocycles. The summed E-state index contributed by atoms with van der Waals surface area (Å²) in [4.78, 5) is 0. The Hall–Kier alpha value is -2.45. The molecule has 0 radical (unpaired) electrons. The molecule has 3 N–H and O–H groups in total. The van der Waals surface area contributed by atoms with Gasteiger partial charge in [-0.1, -0.05) is 48.5 Å². The van der Waals surface area contributed by atoms with Gasteiger partial charge >= 0.3 is 0 Å². The standard InChI is InChI=1S/C24H28O6S/c1-30-15-20-16-31(28,29)23(14-25)24(20)22(27)11-10-19(18-7-3-2-4-8-18)12-17-6-5-9-21(26)13-17/h2-9,12-13,22-23,25-27H,10-11,14-16H2,1H3/b19-12-/t22-,23+/m1/s1. The van der Waals surface area contributed by atoms with Crippen LogP contribution in [0.15, 0.2) is 65.7 Å². The average molecular weight is 445 g/mol. The Morgan fingerprint density at radius 3 is 2.58 bits per heavy atom. The molecule has 1 aliphatic rings. The van der Waals surface area contributed by atoms with Crippen LogP contribution in [0, 0.1) is 0 Å². The monoisotopic (exact) mass is 444 g/mol. The summed E-state index contributed by atoms with van der Waals surface area (Å²) in [7, 11) is -2.08. The van der Waals surface area contributed by atoms with Crippen LogP contribution in [0.3, 0.4) is 0 Å². The number of hydrogen-bond acceptors (Lipinski definition) is 6. The molecule has 0 bridgehead atoms. The molecule has 2 aromatic carbocycles. The zero-order valence-electron chi connectivity index (χ0n) is 17.4. The molecule has 0 aromatic heterocycles. The minimum Gasteiger partial charge on any atom is -0.508 e. The van der Waals surface area contributed by atoms with Crippen LogP contribution >= 0.6 is 0 Å². The van der Waals surface area contributed by atoms with E-state index in [9.17, 15) is 23.7 Å². The van der Waals surface area contributed by atoms with Crippen molar-refractivity contribution >= 4 is 21.5 Å². The Kier molecular flexibility index (Phi) is 7.67. The molecule has 7 heteroatoms. The van der Waals surface area contributed by atoms with Crippen molar-refractivity contribution in [3.05, 3.63) is 76.9 Å². The van der Waals surface area contributed by atoms with E-state index in [1.54, 1.807) is 18.2 Å². The van der Waals surface area contributed by atoms with Crippen LogP contribution in [0.25, 0.3) is 11.6 Å². The van der Waals surface area contributed by atoms with Crippen LogP contribution in [0.5, 0.6) is 5.75 Å². The maximum atomic E-state index is 12.4. The maximum absolute atomic E-state index is 12.4. The number of benzene rings is 2. The van der Waals surface area contributed by atoms with Crippen molar-refractivity contribution < 1.29 is 28.5 Å². The van der Waals surface area contributed by atoms with Crippen molar-refractivity contribution in [1.29, 1.82) is 0 Å². The molecule has 0 spiro atoms. The molecule has 6 nitrogen and oxygen atoms in total. The summed E-state index contributed by atoms with van der Waals surface area (Å²) in [6, 6.07) is 16.6. The number of aliphatic hydroxyl groups excluding tert-OH is 2. The smallest absolute Gasteiger partial charge is 0.163 e. The third-order valence-electron chi connectivity index (χ3n) is 5.45. The van der Waals surface area contributed by atoms with Gasteiger partial charge in [-0.15, -0.1) is 0 Å². The quantitative estimate of drug-likeness (QED) is 0.406. The number of ether oxygens (including phenoxy) is 1. The van der Waals surface area contributed by atoms with Gasteiger partial charge in [0, 0.05) is 7.11 Å². The van der Waals surface area contributed by atoms with E-state index in [0.29, 0.717) is 17.6 Å². The summed E-state index contributed by atoms with van der Waals surface area (Å²) < 4.78 is 30.0. The Labute approximate surface area is 183 Å². The van der Waals surface area contributed by atoms with Gasteiger partial charge in [-0.2, -0.15) is 0 Å². The molecule has 2 atom stereocenters. The fourth-order valence-corrected chi connectivity index (χ4v) is 5.90. The summed E-state index contributed by atoms with van der Waals surface area (Å²) in [5.41, 5.74) is 3.62. The first-order valence-electron chi connectivity index (χ1n) is 10.1. The van der Waals surface area contributed by atoms with Crippen molar-refractivity contribution in [2.75, 3.05) is 26.1 Å². The highest BCUT2D eigenvalue weighted by atomic mass is 32.2. The summed E-state index contributed by atoms with van der Waals surface area (Å²) in [5, 5.41) is 29.3. The number of methoxy groups -OCH3 is 1. The number of allylic oxidation sites excluding steroid dienone is 1. The molecule has 0 fully saturated rings. The molecule has 0 saturated heterocycles. The van der Waals surface area contributed by atoms with Gasteiger partial charge < -0.3 is 20.1 Å². The molecule has 0 amide bonds. The number of hydrogen-bond donors (Lipinski definition) is 3. The molecular formula is C24H28O6S. The van der Waals surface area contributed by atoms with Crippen LogP contribution in [-0.4, -0.2) is 61.2 Å². The van der Waals surface area contributed by atoms with Gasteiger partial charge in [-0.3, -0.25) is 0 Å². The summed E-state index contributed by atoms with van der Waals surface area (Å²) in [6.07, 6.45) is 1.69. The second-order valence-electron chi connectivity index (χ2n) is 7.66. The number of aliphatic hydroxyl groups is 2. The Morgan fingerprint density at radius 1 is 1.19 bits per heavy atom. The minimum atomic E-state index is -3.55. The molecule has 166 valence electrons. The molecule has 0 unspecified atom stereocenters. The van der Waals surface area contributed by atoms with E-state index in [4.69, 9.17) is 4.74 Å². The van der Waals surface area contributed by atoms with Crippen molar-refractivity contribution in [2.45, 2.75) is 24.2 Å². The van der Waals surface area contributed by atoms with Gasteiger partial charge in [0.1, 0.15) is 11.0 Å². The van der Waals surface area contributed by atoms with Crippen LogP contribution < -0.4 is 0 Å². The van der Waals surface area contributed by atoms with E-state index in [1.807, 2.05) is 42.5 Å². The lowest BCUT2D eigenvalue weighted by molar-refractivity contribution is 0.184. The maximum Gasteiger partial charge on any atom is 0.163 e. The zero-order valence-corrected chi connectivity index (χ0v) is 18.3. The molecule has 2 aromatic rings. The molecule has 31 heavy (non-hydrogen) atoms. The Morgan fingerprint density at radius 2 is 1.94 bits per heavy atom. The van der Waals surface area contributed by atoms with Crippen molar-refractivity contribution in [2.24, 2.45) is 0 Å². The lowest BCUT2D eigenvalue weighted by Crippen LogP contribution is -2.29. The summed E-state index contributed by atoms with van der Waals surface area (Å²) in [5.74, 6) is -0.0409. The first-order valence-corrected chi connectivity index (χ1v) is 11.8. The van der Waals surface area contributed by atoms with Gasteiger partial charge in [0.05, 0.1) is 25.1 Å². The summed E-state index contributed by atoms with van der Waals surface area (Å²) in [6.45, 7) is -0.459. The number of aromatic hydroxyl groups is 1. The minimum absolute atomic E-state index is 0.104.